The van der Waals surface area contributed by atoms with Crippen molar-refractivity contribution in [2.45, 2.75) is 13.0 Å². The molecule has 4 heteroatoms. The van der Waals surface area contributed by atoms with E-state index in [4.69, 9.17) is 0 Å². The molecule has 0 saturated heterocycles. The molecule has 3 heterocycles. The summed E-state index contributed by atoms with van der Waals surface area (Å²) in [7, 11) is 0. The lowest BCUT2D eigenvalue weighted by Crippen LogP contribution is -2.19. The number of hydrogen-bond acceptors (Lipinski definition) is 3. The lowest BCUT2D eigenvalue weighted by atomic mass is 10.2. The summed E-state index contributed by atoms with van der Waals surface area (Å²) in [5.41, 5.74) is 3.84. The van der Waals surface area contributed by atoms with Gasteiger partial charge in [0.2, 0.25) is 5.78 Å². The van der Waals surface area contributed by atoms with Crippen LogP contribution in [0.2, 0.25) is 0 Å². The van der Waals surface area contributed by atoms with Crippen LogP contribution in [0.25, 0.3) is 5.78 Å². The number of rotatable bonds is 2. The van der Waals surface area contributed by atoms with Crippen molar-refractivity contribution in [3.05, 3.63) is 60.2 Å². The second-order valence-corrected chi connectivity index (χ2v) is 4.86. The first-order chi connectivity index (χ1) is 9.40. The van der Waals surface area contributed by atoms with Crippen LogP contribution in [0, 0.1) is 0 Å². The van der Waals surface area contributed by atoms with E-state index >= 15 is 0 Å². The van der Waals surface area contributed by atoms with Crippen molar-refractivity contribution in [3.63, 3.8) is 0 Å². The smallest absolute Gasteiger partial charge is 0.233 e. The van der Waals surface area contributed by atoms with Crippen LogP contribution in [0.15, 0.2) is 48.9 Å². The summed E-state index contributed by atoms with van der Waals surface area (Å²) in [6.07, 6.45) is 6.94. The monoisotopic (exact) mass is 250 g/mol. The molecule has 4 rings (SSSR count). The number of aromatic nitrogens is 3. The molecule has 0 aliphatic carbocycles. The van der Waals surface area contributed by atoms with Gasteiger partial charge in [-0.2, -0.15) is 0 Å². The van der Waals surface area contributed by atoms with E-state index in [-0.39, 0.29) is 0 Å². The molecule has 0 spiro atoms. The first kappa shape index (κ1) is 10.6. The predicted octanol–water partition coefficient (Wildman–Crippen LogP) is 2.29. The molecule has 0 atom stereocenters. The molecule has 0 bridgehead atoms. The van der Waals surface area contributed by atoms with Crippen molar-refractivity contribution in [2.24, 2.45) is 0 Å². The number of imidazole rings is 1. The molecule has 1 aliphatic heterocycles. The molecule has 1 aliphatic rings. The SMILES string of the molecule is c1ccc2c(c1)CCN2Cc1cn2cccnc2n1. The third-order valence-electron chi connectivity index (χ3n) is 3.62. The van der Waals surface area contributed by atoms with E-state index in [1.807, 2.05) is 16.7 Å². The van der Waals surface area contributed by atoms with Crippen LogP contribution < -0.4 is 4.90 Å². The quantitative estimate of drug-likeness (QED) is 0.699. The van der Waals surface area contributed by atoms with E-state index in [1.54, 1.807) is 6.20 Å². The van der Waals surface area contributed by atoms with Crippen molar-refractivity contribution >= 4 is 11.5 Å². The Kier molecular flexibility index (Phi) is 2.27. The van der Waals surface area contributed by atoms with Gasteiger partial charge in [-0.1, -0.05) is 18.2 Å². The Morgan fingerprint density at radius 3 is 3.05 bits per heavy atom. The maximum atomic E-state index is 4.56. The van der Waals surface area contributed by atoms with Crippen LogP contribution >= 0.6 is 0 Å². The third-order valence-corrected chi connectivity index (χ3v) is 3.62. The van der Waals surface area contributed by atoms with Crippen LogP contribution in [0.4, 0.5) is 5.69 Å². The molecular formula is C15H14N4. The fourth-order valence-electron chi connectivity index (χ4n) is 2.72. The Hall–Kier alpha value is -2.36. The number of para-hydroxylation sites is 1. The summed E-state index contributed by atoms with van der Waals surface area (Å²) < 4.78 is 1.97. The average Bonchev–Trinajstić information content (AvgIpc) is 3.03. The summed E-state index contributed by atoms with van der Waals surface area (Å²) in [5.74, 6) is 0.769. The van der Waals surface area contributed by atoms with E-state index in [0.29, 0.717) is 0 Å². The van der Waals surface area contributed by atoms with Crippen LogP contribution in [0.3, 0.4) is 0 Å². The Bertz CT molecular complexity index is 699. The number of benzene rings is 1. The second-order valence-electron chi connectivity index (χ2n) is 4.86. The van der Waals surface area contributed by atoms with Gasteiger partial charge in [-0.25, -0.2) is 9.97 Å². The Morgan fingerprint density at radius 1 is 1.16 bits per heavy atom. The maximum absolute atomic E-state index is 4.56. The first-order valence-electron chi connectivity index (χ1n) is 6.51. The molecule has 4 nitrogen and oxygen atoms in total. The zero-order valence-electron chi connectivity index (χ0n) is 10.5. The van der Waals surface area contributed by atoms with Gasteiger partial charge < -0.3 is 4.90 Å². The minimum Gasteiger partial charge on any atom is -0.365 e. The average molecular weight is 250 g/mol. The molecule has 94 valence electrons. The standard InChI is InChI=1S/C15H14N4/c1-2-5-14-12(4-1)6-9-18(14)10-13-11-19-8-3-7-16-15(19)17-13/h1-5,7-8,11H,6,9-10H2. The molecule has 3 aromatic rings. The Labute approximate surface area is 111 Å². The summed E-state index contributed by atoms with van der Waals surface area (Å²) in [4.78, 5) is 11.2. The molecule has 1 aromatic carbocycles. The van der Waals surface area contributed by atoms with Crippen LogP contribution in [-0.4, -0.2) is 20.9 Å². The minimum atomic E-state index is 0.769. The fourth-order valence-corrected chi connectivity index (χ4v) is 2.72. The highest BCUT2D eigenvalue weighted by atomic mass is 15.2. The molecule has 0 N–H and O–H groups in total. The Morgan fingerprint density at radius 2 is 2.11 bits per heavy atom. The van der Waals surface area contributed by atoms with E-state index < -0.39 is 0 Å². The highest BCUT2D eigenvalue weighted by molar-refractivity contribution is 5.57. The zero-order chi connectivity index (χ0) is 12.7. The van der Waals surface area contributed by atoms with Crippen molar-refractivity contribution in [1.29, 1.82) is 0 Å². The van der Waals surface area contributed by atoms with Crippen molar-refractivity contribution in [3.8, 4) is 0 Å². The number of hydrogen-bond donors (Lipinski definition) is 0. The van der Waals surface area contributed by atoms with Gasteiger partial charge in [0.1, 0.15) is 0 Å². The molecule has 0 amide bonds. The molecule has 0 unspecified atom stereocenters. The van der Waals surface area contributed by atoms with Crippen molar-refractivity contribution in [1.82, 2.24) is 14.4 Å². The van der Waals surface area contributed by atoms with E-state index in [0.717, 1.165) is 31.0 Å². The number of nitrogens with zero attached hydrogens (tertiary/aromatic N) is 4. The van der Waals surface area contributed by atoms with Gasteiger partial charge in [0, 0.05) is 30.8 Å². The highest BCUT2D eigenvalue weighted by Gasteiger charge is 2.19. The molecule has 19 heavy (non-hydrogen) atoms. The highest BCUT2D eigenvalue weighted by Crippen LogP contribution is 2.28. The van der Waals surface area contributed by atoms with E-state index in [2.05, 4.69) is 45.3 Å². The van der Waals surface area contributed by atoms with Crippen LogP contribution in [-0.2, 0) is 13.0 Å². The lowest BCUT2D eigenvalue weighted by Gasteiger charge is -2.17. The minimum absolute atomic E-state index is 0.769. The molecule has 0 fully saturated rings. The fraction of sp³-hybridized carbons (Fsp3) is 0.200. The van der Waals surface area contributed by atoms with Crippen LogP contribution in [0.5, 0.6) is 0 Å². The lowest BCUT2D eigenvalue weighted by molar-refractivity contribution is 0.820. The third kappa shape index (κ3) is 1.76. The summed E-state index contributed by atoms with van der Waals surface area (Å²) in [6, 6.07) is 10.5. The molecule has 2 aromatic heterocycles. The van der Waals surface area contributed by atoms with Crippen LogP contribution in [0.1, 0.15) is 11.3 Å². The largest absolute Gasteiger partial charge is 0.365 e. The van der Waals surface area contributed by atoms with E-state index in [9.17, 15) is 0 Å². The maximum Gasteiger partial charge on any atom is 0.233 e. The van der Waals surface area contributed by atoms with E-state index in [1.165, 1.54) is 11.3 Å². The summed E-state index contributed by atoms with van der Waals surface area (Å²) in [5, 5.41) is 0. The Balaban J connectivity index is 1.65. The number of anilines is 1. The van der Waals surface area contributed by atoms with Gasteiger partial charge in [0.05, 0.1) is 12.2 Å². The summed E-state index contributed by atoms with van der Waals surface area (Å²) >= 11 is 0. The number of fused-ring (bicyclic) bond motifs is 2. The van der Waals surface area contributed by atoms with Gasteiger partial charge in [-0.15, -0.1) is 0 Å². The van der Waals surface area contributed by atoms with Gasteiger partial charge >= 0.3 is 0 Å². The zero-order valence-corrected chi connectivity index (χ0v) is 10.5. The molecule has 0 radical (unpaired) electrons. The van der Waals surface area contributed by atoms with Gasteiger partial charge in [-0.05, 0) is 24.1 Å². The predicted molar refractivity (Wildman–Crippen MR) is 74.2 cm³/mol. The van der Waals surface area contributed by atoms with Gasteiger partial charge in [-0.3, -0.25) is 4.40 Å². The summed E-state index contributed by atoms with van der Waals surface area (Å²) in [6.45, 7) is 1.92. The second kappa shape index (κ2) is 4.09. The first-order valence-corrected chi connectivity index (χ1v) is 6.51. The van der Waals surface area contributed by atoms with Crippen molar-refractivity contribution in [2.75, 3.05) is 11.4 Å². The molecule has 0 saturated carbocycles. The molecular weight excluding hydrogens is 236 g/mol. The topological polar surface area (TPSA) is 33.4 Å². The van der Waals surface area contributed by atoms with Gasteiger partial charge in [0.25, 0.3) is 0 Å². The van der Waals surface area contributed by atoms with Gasteiger partial charge in [0.15, 0.2) is 0 Å². The van der Waals surface area contributed by atoms with Crippen molar-refractivity contribution < 1.29 is 0 Å². The normalized spacial score (nSPS) is 14.0.